The zero-order chi connectivity index (χ0) is 6.73. The van der Waals surface area contributed by atoms with Crippen molar-refractivity contribution < 1.29 is 0 Å². The summed E-state index contributed by atoms with van der Waals surface area (Å²) in [6.07, 6.45) is -1.78. The predicted molar refractivity (Wildman–Crippen MR) is 66.2 cm³/mol. The summed E-state index contributed by atoms with van der Waals surface area (Å²) in [5.74, 6) is 0. The summed E-state index contributed by atoms with van der Waals surface area (Å²) in [4.78, 5) is 0. The molecule has 0 saturated heterocycles. The Morgan fingerprint density at radius 3 is 0.727 bits per heavy atom. The van der Waals surface area contributed by atoms with Crippen molar-refractivity contribution in [3.63, 3.8) is 0 Å². The number of hydrogen-bond acceptors (Lipinski definition) is 0. The predicted octanol–water partition coefficient (Wildman–Crippen LogP) is -1.14. The largest absolute Gasteiger partial charge is 0.0776 e. The van der Waals surface area contributed by atoms with Crippen LogP contribution in [-0.4, -0.2) is 57.8 Å². The van der Waals surface area contributed by atoms with E-state index < -0.39 is 19.2 Å². The van der Waals surface area contributed by atoms with Crippen LogP contribution in [0.1, 0.15) is 22.3 Å². The summed E-state index contributed by atoms with van der Waals surface area (Å²) >= 11 is 0. The van der Waals surface area contributed by atoms with Crippen LogP contribution in [0.15, 0.2) is 0 Å². The molecule has 10 radical (unpaired) electrons. The van der Waals surface area contributed by atoms with Crippen LogP contribution in [0.3, 0.4) is 0 Å². The molecule has 0 fully saturated rings. The van der Waals surface area contributed by atoms with Gasteiger partial charge in [-0.15, -0.1) is 0 Å². The van der Waals surface area contributed by atoms with Crippen molar-refractivity contribution in [2.24, 2.45) is 0 Å². The lowest BCUT2D eigenvalue weighted by Gasteiger charge is -2.13. The Bertz CT molecular complexity index is 54.4. The first kappa shape index (κ1) is 22.5. The van der Waals surface area contributed by atoms with Crippen LogP contribution in [-0.2, 0) is 0 Å². The highest BCUT2D eigenvalue weighted by Gasteiger charge is 2.14. The SMILES string of the molecule is C.C.C.[B]B([B])B([B])B([B])[B]. The minimum Gasteiger partial charge on any atom is -0.0776 e. The van der Waals surface area contributed by atoms with Crippen molar-refractivity contribution >= 4 is 57.8 Å². The zero-order valence-corrected chi connectivity index (χ0v) is 4.62. The van der Waals surface area contributed by atoms with Crippen LogP contribution in [0.4, 0.5) is 0 Å². The maximum absolute atomic E-state index is 5.26. The van der Waals surface area contributed by atoms with E-state index in [1.54, 1.807) is 0 Å². The van der Waals surface area contributed by atoms with Crippen molar-refractivity contribution in [3.8, 4) is 0 Å². The molecule has 48 valence electrons. The Labute approximate surface area is 80.6 Å². The van der Waals surface area contributed by atoms with E-state index in [4.69, 9.17) is 38.7 Å². The molecule has 0 aliphatic carbocycles. The smallest absolute Gasteiger partial charge is 0 e. The first-order valence-electron chi connectivity index (χ1n) is 2.33. The maximum atomic E-state index is 5.26. The summed E-state index contributed by atoms with van der Waals surface area (Å²) in [6.45, 7) is 0. The zero-order valence-electron chi connectivity index (χ0n) is 4.62. The molecule has 0 aliphatic rings. The van der Waals surface area contributed by atoms with Gasteiger partial charge in [0.15, 0.2) is 0 Å². The van der Waals surface area contributed by atoms with Gasteiger partial charge in [0.05, 0.1) is 0 Å². The highest BCUT2D eigenvalue weighted by Crippen LogP contribution is 1.76. The van der Waals surface area contributed by atoms with Gasteiger partial charge in [-0.2, -0.15) is 0 Å². The molecule has 0 aromatic heterocycles. The van der Waals surface area contributed by atoms with E-state index in [0.717, 1.165) is 0 Å². The first-order chi connectivity index (χ1) is 3.55. The standard InChI is InChI=1S/3CH4.B8/c;;;1-6(2)8(5)7(3)4/h3*1H4;. The highest BCUT2D eigenvalue weighted by atomic mass is 13.0. The van der Waals surface area contributed by atoms with Crippen LogP contribution in [0.5, 0.6) is 0 Å². The topological polar surface area (TPSA) is 0 Å². The van der Waals surface area contributed by atoms with Gasteiger partial charge in [-0.25, -0.2) is 0 Å². The summed E-state index contributed by atoms with van der Waals surface area (Å²) in [5, 5.41) is 0. The fourth-order valence-corrected chi connectivity index (χ4v) is 0.257. The van der Waals surface area contributed by atoms with Gasteiger partial charge in [0.25, 0.3) is 0 Å². The average Bonchev–Trinajstić information content (AvgIpc) is 1.64. The van der Waals surface area contributed by atoms with Crippen molar-refractivity contribution in [1.29, 1.82) is 0 Å². The van der Waals surface area contributed by atoms with Crippen molar-refractivity contribution in [1.82, 2.24) is 0 Å². The summed E-state index contributed by atoms with van der Waals surface area (Å²) in [7, 11) is 25.8. The third-order valence-corrected chi connectivity index (χ3v) is 0.889. The fourth-order valence-electron chi connectivity index (χ4n) is 0.257. The lowest BCUT2D eigenvalue weighted by molar-refractivity contribution is 2.50. The number of hydrogen-bond donors (Lipinski definition) is 0. The summed E-state index contributed by atoms with van der Waals surface area (Å²) in [6, 6.07) is 0. The Hall–Kier alpha value is 0.519. The Morgan fingerprint density at radius 1 is 0.545 bits per heavy atom. The van der Waals surface area contributed by atoms with E-state index in [-0.39, 0.29) is 22.3 Å². The van der Waals surface area contributed by atoms with Gasteiger partial charge in [0, 0.05) is 57.8 Å². The molecule has 0 rings (SSSR count). The molecule has 0 unspecified atom stereocenters. The second kappa shape index (κ2) is 10.5. The van der Waals surface area contributed by atoms with Gasteiger partial charge in [-0.1, -0.05) is 22.3 Å². The molecule has 0 aromatic rings. The quantitative estimate of drug-likeness (QED) is 0.419. The lowest BCUT2D eigenvalue weighted by Crippen LogP contribution is -2.52. The molecule has 0 atom stereocenters. The van der Waals surface area contributed by atoms with Crippen LogP contribution in [0.2, 0.25) is 0 Å². The molecule has 0 amide bonds. The third kappa shape index (κ3) is 10.5. The molecular weight excluding hydrogens is 123 g/mol. The highest BCUT2D eigenvalue weighted by molar-refractivity contribution is 7.89. The number of rotatable bonds is 2. The van der Waals surface area contributed by atoms with Crippen LogP contribution < -0.4 is 0 Å². The third-order valence-electron chi connectivity index (χ3n) is 0.889. The van der Waals surface area contributed by atoms with E-state index in [1.165, 1.54) is 0 Å². The molecule has 0 heterocycles. The van der Waals surface area contributed by atoms with Gasteiger partial charge in [-0.3, -0.25) is 0 Å². The molecule has 11 heavy (non-hydrogen) atoms. The van der Waals surface area contributed by atoms with Gasteiger partial charge in [0.2, 0.25) is 0 Å². The second-order valence-corrected chi connectivity index (χ2v) is 1.73. The summed E-state index contributed by atoms with van der Waals surface area (Å²) < 4.78 is 0. The molecular formula is C3H12B8. The molecule has 0 aromatic carbocycles. The van der Waals surface area contributed by atoms with Crippen LogP contribution in [0, 0.1) is 0 Å². The molecule has 0 N–H and O–H groups in total. The van der Waals surface area contributed by atoms with Gasteiger partial charge >= 0.3 is 0 Å². The van der Waals surface area contributed by atoms with E-state index in [0.29, 0.717) is 0 Å². The molecule has 0 spiro atoms. The molecule has 0 nitrogen and oxygen atoms in total. The molecule has 0 bridgehead atoms. The summed E-state index contributed by atoms with van der Waals surface area (Å²) in [5.41, 5.74) is 0. The first-order valence-corrected chi connectivity index (χ1v) is 2.33. The lowest BCUT2D eigenvalue weighted by atomic mass is 8.68. The fraction of sp³-hybridized carbons (Fsp3) is 1.00. The van der Waals surface area contributed by atoms with Gasteiger partial charge in [-0.05, 0) is 0 Å². The monoisotopic (exact) mass is 136 g/mol. The van der Waals surface area contributed by atoms with Gasteiger partial charge < -0.3 is 0 Å². The van der Waals surface area contributed by atoms with Crippen molar-refractivity contribution in [2.75, 3.05) is 0 Å². The van der Waals surface area contributed by atoms with Crippen molar-refractivity contribution in [2.45, 2.75) is 22.3 Å². The van der Waals surface area contributed by atoms with Crippen molar-refractivity contribution in [3.05, 3.63) is 0 Å². The maximum Gasteiger partial charge on any atom is 0 e. The minimum atomic E-state index is -0.630. The van der Waals surface area contributed by atoms with E-state index in [1.807, 2.05) is 0 Å². The van der Waals surface area contributed by atoms with E-state index >= 15 is 0 Å². The van der Waals surface area contributed by atoms with Crippen LogP contribution >= 0.6 is 0 Å². The normalized spacial score (nSPS) is 5.82. The Kier molecular flexibility index (Phi) is 21.6. The van der Waals surface area contributed by atoms with Crippen LogP contribution in [0.25, 0.3) is 0 Å². The second-order valence-electron chi connectivity index (χ2n) is 1.73. The molecule has 0 saturated carbocycles. The molecule has 8 heteroatoms. The van der Waals surface area contributed by atoms with Gasteiger partial charge in [0.1, 0.15) is 0 Å². The Morgan fingerprint density at radius 2 is 0.727 bits per heavy atom. The van der Waals surface area contributed by atoms with E-state index in [2.05, 4.69) is 0 Å². The van der Waals surface area contributed by atoms with E-state index in [9.17, 15) is 0 Å². The molecule has 0 aliphatic heterocycles. The average molecular weight is 135 g/mol. The minimum absolute atomic E-state index is 0. The Balaban J connectivity index is -0.0000000817.